The largest absolute Gasteiger partial charge is 0.256 e. The summed E-state index contributed by atoms with van der Waals surface area (Å²) < 4.78 is 0. The molecule has 0 saturated carbocycles. The lowest BCUT2D eigenvalue weighted by molar-refractivity contribution is 1.11. The Hall–Kier alpha value is -1.37. The predicted octanol–water partition coefficient (Wildman–Crippen LogP) is 3.11. The van der Waals surface area contributed by atoms with Gasteiger partial charge in [-0.25, -0.2) is 0 Å². The van der Waals surface area contributed by atoms with Crippen molar-refractivity contribution in [3.63, 3.8) is 0 Å². The number of para-hydroxylation sites is 1. The molecule has 1 aromatic heterocycles. The highest BCUT2D eigenvalue weighted by molar-refractivity contribution is 5.82. The number of hydrogen-bond donors (Lipinski definition) is 0. The third kappa shape index (κ3) is 1.31. The van der Waals surface area contributed by atoms with Gasteiger partial charge >= 0.3 is 0 Å². The molecule has 0 aliphatic rings. The van der Waals surface area contributed by atoms with Crippen LogP contribution in [0.3, 0.4) is 0 Å². The summed E-state index contributed by atoms with van der Waals surface area (Å²) >= 11 is 0. The highest BCUT2D eigenvalue weighted by Crippen LogP contribution is 2.19. The van der Waals surface area contributed by atoms with Crippen molar-refractivity contribution in [1.29, 1.82) is 0 Å². The van der Waals surface area contributed by atoms with Crippen LogP contribution in [0, 0.1) is 6.92 Å². The smallest absolute Gasteiger partial charge is 0.0704 e. The van der Waals surface area contributed by atoms with Gasteiger partial charge < -0.3 is 0 Å². The number of benzene rings is 1. The summed E-state index contributed by atoms with van der Waals surface area (Å²) in [4.78, 5) is 4.39. The van der Waals surface area contributed by atoms with E-state index >= 15 is 0 Å². The fourth-order valence-electron chi connectivity index (χ4n) is 1.77. The number of nitrogens with zero attached hydrogens (tertiary/aromatic N) is 1. The second kappa shape index (κ2) is 3.17. The maximum atomic E-state index is 4.39. The van der Waals surface area contributed by atoms with E-state index in [0.29, 0.717) is 0 Å². The first-order valence-electron chi connectivity index (χ1n) is 4.66. The Kier molecular flexibility index (Phi) is 2.01. The first-order valence-corrected chi connectivity index (χ1v) is 4.66. The van der Waals surface area contributed by atoms with Gasteiger partial charge in [0.2, 0.25) is 0 Å². The highest BCUT2D eigenvalue weighted by atomic mass is 14.6. The number of aromatic nitrogens is 1. The molecule has 13 heavy (non-hydrogen) atoms. The van der Waals surface area contributed by atoms with Crippen LogP contribution in [0.1, 0.15) is 18.1 Å². The minimum atomic E-state index is 1.08. The lowest BCUT2D eigenvalue weighted by Gasteiger charge is -2.06. The zero-order valence-electron chi connectivity index (χ0n) is 8.04. The van der Waals surface area contributed by atoms with Crippen LogP contribution < -0.4 is 0 Å². The maximum Gasteiger partial charge on any atom is 0.0704 e. The van der Waals surface area contributed by atoms with Crippen molar-refractivity contribution in [2.45, 2.75) is 20.3 Å². The molecule has 0 radical (unpaired) electrons. The van der Waals surface area contributed by atoms with Crippen molar-refractivity contribution < 1.29 is 0 Å². The van der Waals surface area contributed by atoms with Gasteiger partial charge in [0, 0.05) is 11.6 Å². The molecule has 2 rings (SSSR count). The minimum Gasteiger partial charge on any atom is -0.256 e. The molecule has 1 heteroatoms. The van der Waals surface area contributed by atoms with Crippen LogP contribution in [0.25, 0.3) is 10.9 Å². The van der Waals surface area contributed by atoms with Crippen molar-refractivity contribution >= 4 is 10.9 Å². The number of pyridine rings is 1. The monoisotopic (exact) mass is 171 g/mol. The molecule has 0 spiro atoms. The molecular weight excluding hydrogens is 158 g/mol. The summed E-state index contributed by atoms with van der Waals surface area (Å²) in [6.07, 6.45) is 3.04. The first-order chi connectivity index (χ1) is 6.33. The SMILES string of the molecule is CCc1c(C)cnc2ccccc12. The fourth-order valence-corrected chi connectivity index (χ4v) is 1.77. The van der Waals surface area contributed by atoms with Crippen molar-refractivity contribution in [2.75, 3.05) is 0 Å². The molecular formula is C12H13N. The van der Waals surface area contributed by atoms with Crippen LogP contribution in [0.4, 0.5) is 0 Å². The van der Waals surface area contributed by atoms with Crippen LogP contribution >= 0.6 is 0 Å². The number of hydrogen-bond acceptors (Lipinski definition) is 1. The van der Waals surface area contributed by atoms with Gasteiger partial charge in [-0.05, 0) is 30.5 Å². The molecule has 0 amide bonds. The average Bonchev–Trinajstić information content (AvgIpc) is 2.18. The van der Waals surface area contributed by atoms with Crippen molar-refractivity contribution in [2.24, 2.45) is 0 Å². The van der Waals surface area contributed by atoms with E-state index in [-0.39, 0.29) is 0 Å². The van der Waals surface area contributed by atoms with E-state index in [0.717, 1.165) is 11.9 Å². The van der Waals surface area contributed by atoms with Gasteiger partial charge in [0.15, 0.2) is 0 Å². The second-order valence-electron chi connectivity index (χ2n) is 3.29. The number of fused-ring (bicyclic) bond motifs is 1. The summed E-state index contributed by atoms with van der Waals surface area (Å²) in [5.74, 6) is 0. The van der Waals surface area contributed by atoms with Crippen LogP contribution in [-0.2, 0) is 6.42 Å². The van der Waals surface area contributed by atoms with Gasteiger partial charge in [-0.1, -0.05) is 25.1 Å². The molecule has 0 bridgehead atoms. The van der Waals surface area contributed by atoms with Gasteiger partial charge in [-0.15, -0.1) is 0 Å². The molecule has 1 aromatic carbocycles. The van der Waals surface area contributed by atoms with Gasteiger partial charge in [0.1, 0.15) is 0 Å². The third-order valence-electron chi connectivity index (χ3n) is 2.46. The normalized spacial score (nSPS) is 10.6. The van der Waals surface area contributed by atoms with E-state index in [4.69, 9.17) is 0 Å². The Labute approximate surface area is 78.4 Å². The molecule has 0 saturated heterocycles. The summed E-state index contributed by atoms with van der Waals surface area (Å²) in [5.41, 5.74) is 3.82. The van der Waals surface area contributed by atoms with Crippen molar-refractivity contribution in [1.82, 2.24) is 4.98 Å². The molecule has 0 aliphatic carbocycles. The fraction of sp³-hybridized carbons (Fsp3) is 0.250. The van der Waals surface area contributed by atoms with Crippen molar-refractivity contribution in [3.05, 3.63) is 41.6 Å². The first kappa shape index (κ1) is 8.24. The molecule has 0 fully saturated rings. The standard InChI is InChI=1S/C12H13N/c1-3-10-9(2)8-13-12-7-5-4-6-11(10)12/h4-8H,3H2,1-2H3. The van der Waals surface area contributed by atoms with Crippen LogP contribution in [0.15, 0.2) is 30.5 Å². The molecule has 0 aliphatic heterocycles. The molecule has 1 nitrogen and oxygen atoms in total. The van der Waals surface area contributed by atoms with E-state index in [1.165, 1.54) is 16.5 Å². The van der Waals surface area contributed by atoms with Gasteiger partial charge in [0.05, 0.1) is 5.52 Å². The third-order valence-corrected chi connectivity index (χ3v) is 2.46. The van der Waals surface area contributed by atoms with E-state index in [1.807, 2.05) is 12.3 Å². The van der Waals surface area contributed by atoms with Gasteiger partial charge in [-0.2, -0.15) is 0 Å². The Bertz CT molecular complexity index is 432. The Morgan fingerprint density at radius 1 is 1.23 bits per heavy atom. The number of rotatable bonds is 1. The second-order valence-corrected chi connectivity index (χ2v) is 3.29. The highest BCUT2D eigenvalue weighted by Gasteiger charge is 2.01. The average molecular weight is 171 g/mol. The molecule has 0 N–H and O–H groups in total. The van der Waals surface area contributed by atoms with E-state index in [1.54, 1.807) is 0 Å². The topological polar surface area (TPSA) is 12.9 Å². The quantitative estimate of drug-likeness (QED) is 0.642. The lowest BCUT2D eigenvalue weighted by Crippen LogP contribution is -1.90. The summed E-state index contributed by atoms with van der Waals surface area (Å²) in [5, 5.41) is 1.30. The number of aryl methyl sites for hydroxylation is 2. The van der Waals surface area contributed by atoms with E-state index < -0.39 is 0 Å². The van der Waals surface area contributed by atoms with Crippen molar-refractivity contribution in [3.8, 4) is 0 Å². The molecule has 1 heterocycles. The predicted molar refractivity (Wildman–Crippen MR) is 55.9 cm³/mol. The van der Waals surface area contributed by atoms with Crippen LogP contribution in [0.2, 0.25) is 0 Å². The maximum absolute atomic E-state index is 4.39. The zero-order valence-corrected chi connectivity index (χ0v) is 8.04. The van der Waals surface area contributed by atoms with Gasteiger partial charge in [-0.3, -0.25) is 4.98 Å². The Balaban J connectivity index is 2.84. The minimum absolute atomic E-state index is 1.08. The summed E-state index contributed by atoms with van der Waals surface area (Å²) in [6, 6.07) is 8.31. The summed E-state index contributed by atoms with van der Waals surface area (Å²) in [7, 11) is 0. The van der Waals surface area contributed by atoms with E-state index in [2.05, 4.69) is 37.0 Å². The van der Waals surface area contributed by atoms with Gasteiger partial charge in [0.25, 0.3) is 0 Å². The molecule has 0 unspecified atom stereocenters. The summed E-state index contributed by atoms with van der Waals surface area (Å²) in [6.45, 7) is 4.31. The Morgan fingerprint density at radius 2 is 2.00 bits per heavy atom. The molecule has 66 valence electrons. The lowest BCUT2D eigenvalue weighted by atomic mass is 10.0. The van der Waals surface area contributed by atoms with E-state index in [9.17, 15) is 0 Å². The van der Waals surface area contributed by atoms with Crippen LogP contribution in [0.5, 0.6) is 0 Å². The van der Waals surface area contributed by atoms with Crippen LogP contribution in [-0.4, -0.2) is 4.98 Å². The molecule has 0 atom stereocenters. The Morgan fingerprint density at radius 3 is 2.77 bits per heavy atom. The molecule has 2 aromatic rings. The zero-order chi connectivity index (χ0) is 9.26.